The topological polar surface area (TPSA) is 237 Å². The van der Waals surface area contributed by atoms with Gasteiger partial charge in [0.2, 0.25) is 0 Å². The third-order valence-electron chi connectivity index (χ3n) is 17.2. The van der Waals surface area contributed by atoms with Gasteiger partial charge in [0, 0.05) is 25.7 Å². The van der Waals surface area contributed by atoms with E-state index in [1.807, 2.05) is 18.2 Å². The molecule has 0 aliphatic rings. The van der Waals surface area contributed by atoms with Crippen molar-refractivity contribution in [3.05, 3.63) is 109 Å². The van der Waals surface area contributed by atoms with Crippen molar-refractivity contribution < 1.29 is 80.2 Å². The second-order valence-corrected chi connectivity index (χ2v) is 30.3. The van der Waals surface area contributed by atoms with E-state index < -0.39 is 97.5 Å². The molecule has 0 saturated heterocycles. The normalized spacial score (nSPS) is 14.4. The number of esters is 4. The molecule has 3 N–H and O–H groups in total. The van der Waals surface area contributed by atoms with Crippen LogP contribution in [0.15, 0.2) is 109 Å². The van der Waals surface area contributed by atoms with Crippen molar-refractivity contribution in [2.45, 2.75) is 367 Å². The molecule has 0 heterocycles. The quantitative estimate of drug-likeness (QED) is 0.0169. The molecule has 0 spiro atoms. The third kappa shape index (κ3) is 75.9. The van der Waals surface area contributed by atoms with Gasteiger partial charge < -0.3 is 33.8 Å². The van der Waals surface area contributed by atoms with Gasteiger partial charge in [-0.15, -0.1) is 0 Å². The summed E-state index contributed by atoms with van der Waals surface area (Å²) in [6.45, 7) is 4.73. The van der Waals surface area contributed by atoms with E-state index in [2.05, 4.69) is 119 Å². The Kier molecular flexibility index (Phi) is 73.7. The zero-order valence-corrected chi connectivity index (χ0v) is 67.5. The number of carbonyl (C=O) groups excluding carboxylic acids is 4. The number of allylic oxidation sites excluding steroid dienone is 18. The number of unbranched alkanes of at least 4 members (excludes halogenated alkanes) is 33. The molecule has 600 valence electrons. The number of hydrogen-bond acceptors (Lipinski definition) is 15. The average molecular weight is 1500 g/mol. The molecule has 2 unspecified atom stereocenters. The van der Waals surface area contributed by atoms with Gasteiger partial charge in [0.1, 0.15) is 19.3 Å². The van der Waals surface area contributed by atoms with Gasteiger partial charge in [-0.05, 0) is 148 Å². The highest BCUT2D eigenvalue weighted by molar-refractivity contribution is 7.47. The van der Waals surface area contributed by atoms with Crippen molar-refractivity contribution in [3.63, 3.8) is 0 Å². The van der Waals surface area contributed by atoms with E-state index in [4.69, 9.17) is 37.0 Å². The van der Waals surface area contributed by atoms with Crippen molar-refractivity contribution in [1.29, 1.82) is 0 Å². The Morgan fingerprint density at radius 3 is 0.817 bits per heavy atom. The average Bonchev–Trinajstić information content (AvgIpc) is 0.943. The van der Waals surface area contributed by atoms with Crippen molar-refractivity contribution >= 4 is 39.5 Å². The van der Waals surface area contributed by atoms with Crippen molar-refractivity contribution in [2.75, 3.05) is 39.6 Å². The Morgan fingerprint density at radius 1 is 0.269 bits per heavy atom. The van der Waals surface area contributed by atoms with E-state index >= 15 is 0 Å². The van der Waals surface area contributed by atoms with E-state index in [-0.39, 0.29) is 25.7 Å². The van der Waals surface area contributed by atoms with E-state index in [0.717, 1.165) is 148 Å². The van der Waals surface area contributed by atoms with Gasteiger partial charge >= 0.3 is 39.5 Å². The van der Waals surface area contributed by atoms with Crippen LogP contribution in [-0.4, -0.2) is 96.7 Å². The molecule has 0 saturated carbocycles. The molecular formula is C85H148O17P2. The number of aliphatic hydroxyl groups is 1. The summed E-state index contributed by atoms with van der Waals surface area (Å²) >= 11 is 0. The molecule has 0 aromatic heterocycles. The largest absolute Gasteiger partial charge is 0.472 e. The van der Waals surface area contributed by atoms with Crippen LogP contribution in [0.4, 0.5) is 0 Å². The smallest absolute Gasteiger partial charge is 0.462 e. The number of rotatable bonds is 77. The van der Waals surface area contributed by atoms with Crippen LogP contribution in [0.1, 0.15) is 349 Å². The van der Waals surface area contributed by atoms with Crippen molar-refractivity contribution in [2.24, 2.45) is 0 Å². The highest BCUT2D eigenvalue weighted by Gasteiger charge is 2.30. The van der Waals surface area contributed by atoms with Crippen LogP contribution in [0.3, 0.4) is 0 Å². The first-order valence-electron chi connectivity index (χ1n) is 41.1. The maximum absolute atomic E-state index is 13.1. The molecular weight excluding hydrogens is 1350 g/mol. The Hall–Kier alpha value is -4.28. The lowest BCUT2D eigenvalue weighted by Crippen LogP contribution is -2.30. The van der Waals surface area contributed by atoms with Crippen LogP contribution in [0, 0.1) is 0 Å². The zero-order valence-electron chi connectivity index (χ0n) is 65.7. The fraction of sp³-hybridized carbons (Fsp3) is 0.741. The van der Waals surface area contributed by atoms with Crippen molar-refractivity contribution in [3.8, 4) is 0 Å². The lowest BCUT2D eigenvalue weighted by molar-refractivity contribution is -0.161. The molecule has 0 rings (SSSR count). The molecule has 0 radical (unpaired) electrons. The summed E-state index contributed by atoms with van der Waals surface area (Å²) in [4.78, 5) is 73.0. The fourth-order valence-corrected chi connectivity index (χ4v) is 12.4. The van der Waals surface area contributed by atoms with E-state index in [0.29, 0.717) is 32.1 Å². The summed E-state index contributed by atoms with van der Waals surface area (Å²) < 4.78 is 68.6. The van der Waals surface area contributed by atoms with Gasteiger partial charge in [0.25, 0.3) is 0 Å². The Labute approximate surface area is 632 Å². The zero-order chi connectivity index (χ0) is 76.0. The van der Waals surface area contributed by atoms with E-state index in [1.165, 1.54) is 116 Å². The minimum absolute atomic E-state index is 0.0307. The first-order valence-corrected chi connectivity index (χ1v) is 44.1. The van der Waals surface area contributed by atoms with E-state index in [9.17, 15) is 43.2 Å². The highest BCUT2D eigenvalue weighted by atomic mass is 31.2. The summed E-state index contributed by atoms with van der Waals surface area (Å²) in [5, 5.41) is 10.6. The maximum Gasteiger partial charge on any atom is 0.472 e. The number of hydrogen-bond donors (Lipinski definition) is 3. The molecule has 0 aliphatic carbocycles. The van der Waals surface area contributed by atoms with Crippen LogP contribution in [-0.2, 0) is 65.4 Å². The number of carbonyl (C=O) groups is 4. The predicted molar refractivity (Wildman–Crippen MR) is 427 cm³/mol. The SMILES string of the molecule is CCCCC/C=C\C/C=C\C/C=C\C/C=C\C/C=C\CCC(=O)O[C@H](COC(=O)CCCCCCC/C=C\CCCCCCCC)COP(=O)(O)OC[C@@H](O)COP(=O)(O)OC[C@@H](COC(=O)CCCCCCCCC/C=C\CCCCCC)OC(=O)CCCCCCC/C=C\C/C=C\CCCCC. The maximum atomic E-state index is 13.1. The van der Waals surface area contributed by atoms with E-state index in [1.54, 1.807) is 0 Å². The van der Waals surface area contributed by atoms with Crippen LogP contribution < -0.4 is 0 Å². The summed E-state index contributed by atoms with van der Waals surface area (Å²) in [6.07, 6.45) is 83.6. The van der Waals surface area contributed by atoms with Gasteiger partial charge in [0.15, 0.2) is 12.2 Å². The molecule has 19 heteroatoms. The summed E-state index contributed by atoms with van der Waals surface area (Å²) in [7, 11) is -9.99. The third-order valence-corrected chi connectivity index (χ3v) is 19.1. The Bertz CT molecular complexity index is 2390. The highest BCUT2D eigenvalue weighted by Crippen LogP contribution is 2.45. The minimum Gasteiger partial charge on any atom is -0.462 e. The van der Waals surface area contributed by atoms with Gasteiger partial charge in [-0.3, -0.25) is 37.3 Å². The lowest BCUT2D eigenvalue weighted by Gasteiger charge is -2.21. The molecule has 104 heavy (non-hydrogen) atoms. The van der Waals surface area contributed by atoms with Gasteiger partial charge in [-0.2, -0.15) is 0 Å². The first kappa shape index (κ1) is 99.7. The Balaban J connectivity index is 5.44. The van der Waals surface area contributed by atoms with Gasteiger partial charge in [0.05, 0.1) is 26.4 Å². The van der Waals surface area contributed by atoms with Crippen LogP contribution in [0.5, 0.6) is 0 Å². The number of aliphatic hydroxyl groups excluding tert-OH is 1. The summed E-state index contributed by atoms with van der Waals surface area (Å²) in [5.74, 6) is -2.29. The molecule has 17 nitrogen and oxygen atoms in total. The molecule has 0 bridgehead atoms. The van der Waals surface area contributed by atoms with Gasteiger partial charge in [-0.1, -0.05) is 285 Å². The molecule has 0 aromatic rings. The summed E-state index contributed by atoms with van der Waals surface area (Å²) in [6, 6.07) is 0. The first-order chi connectivity index (χ1) is 50.7. The fourth-order valence-electron chi connectivity index (χ4n) is 10.9. The lowest BCUT2D eigenvalue weighted by atomic mass is 10.1. The second kappa shape index (κ2) is 76.9. The molecule has 0 amide bonds. The number of phosphoric ester groups is 2. The molecule has 5 atom stereocenters. The molecule has 0 aliphatic heterocycles. The molecule has 0 aromatic carbocycles. The van der Waals surface area contributed by atoms with Crippen LogP contribution >= 0.6 is 15.6 Å². The summed E-state index contributed by atoms with van der Waals surface area (Å²) in [5.41, 5.74) is 0. The molecule has 0 fully saturated rings. The number of ether oxygens (including phenoxy) is 4. The second-order valence-electron chi connectivity index (χ2n) is 27.3. The predicted octanol–water partition coefficient (Wildman–Crippen LogP) is 24.1. The minimum atomic E-state index is -5.00. The Morgan fingerprint density at radius 2 is 0.490 bits per heavy atom. The monoisotopic (exact) mass is 1500 g/mol. The van der Waals surface area contributed by atoms with Gasteiger partial charge in [-0.25, -0.2) is 9.13 Å². The van der Waals surface area contributed by atoms with Crippen LogP contribution in [0.2, 0.25) is 0 Å². The van der Waals surface area contributed by atoms with Crippen molar-refractivity contribution in [1.82, 2.24) is 0 Å². The standard InChI is InChI=1S/C85H148O17P2/c1-5-9-13-17-21-25-29-33-37-38-39-40-44-48-52-56-60-64-68-72-85(90)102-81(76-96-83(88)70-66-62-58-54-50-46-42-35-31-27-23-19-15-11-7-3)78-100-104(93,94)98-74-79(86)73-97-103(91,92)99-77-80(101-84(89)71-67-63-59-55-51-47-43-36-32-28-24-20-16-12-8-4)75-95-82(87)69-65-61-57-53-49-45-41-34-30-26-22-18-14-10-6-2/h21,24-26,28,30,33,35-37,39-40,42-43,48,52,60,64,79-81,86H,5-20,22-23,27,29,31-32,34,38,41,44-47,49-51,53-59,61-63,65-78H2,1-4H3,(H,91,92)(H,93,94)/b25-21-,28-24-,30-26-,37-33-,40-39-,42-35-,43-36-,52-48-,64-60-/t79-,80+,81+/m0/s1. The number of phosphoric acid groups is 2. The van der Waals surface area contributed by atoms with Crippen LogP contribution in [0.25, 0.3) is 0 Å².